The fraction of sp³-hybridized carbons (Fsp3) is 1.00. The van der Waals surface area contributed by atoms with Crippen LogP contribution in [0.2, 0.25) is 0 Å². The predicted octanol–water partition coefficient (Wildman–Crippen LogP) is 0.994. The standard InChI is InChI=1S/C12H23NO2/c1-11(2,9-14)12(15)5-7-13(8-6-12)10-3-4-10/h10,14-15H,3-9H2,1-2H3. The van der Waals surface area contributed by atoms with Crippen molar-refractivity contribution in [2.45, 2.75) is 51.2 Å². The lowest BCUT2D eigenvalue weighted by Crippen LogP contribution is -2.54. The van der Waals surface area contributed by atoms with Crippen LogP contribution in [0.25, 0.3) is 0 Å². The van der Waals surface area contributed by atoms with Gasteiger partial charge in [-0.1, -0.05) is 13.8 Å². The third-order valence-corrected chi connectivity index (χ3v) is 4.34. The normalized spacial score (nSPS) is 28.0. The van der Waals surface area contributed by atoms with Gasteiger partial charge in [-0.3, -0.25) is 0 Å². The maximum absolute atomic E-state index is 10.5. The summed E-state index contributed by atoms with van der Waals surface area (Å²) in [6, 6.07) is 0.798. The van der Waals surface area contributed by atoms with Gasteiger partial charge in [0.2, 0.25) is 0 Å². The maximum Gasteiger partial charge on any atom is 0.0744 e. The lowest BCUT2D eigenvalue weighted by atomic mass is 9.70. The van der Waals surface area contributed by atoms with Crippen molar-refractivity contribution in [2.75, 3.05) is 19.7 Å². The highest BCUT2D eigenvalue weighted by molar-refractivity contribution is 4.99. The minimum atomic E-state index is -0.673. The minimum Gasteiger partial charge on any atom is -0.396 e. The number of hydrogen-bond acceptors (Lipinski definition) is 3. The van der Waals surface area contributed by atoms with Gasteiger partial charge < -0.3 is 15.1 Å². The van der Waals surface area contributed by atoms with Gasteiger partial charge in [-0.2, -0.15) is 0 Å². The highest BCUT2D eigenvalue weighted by Gasteiger charge is 2.46. The van der Waals surface area contributed by atoms with E-state index in [1.165, 1.54) is 12.8 Å². The summed E-state index contributed by atoms with van der Waals surface area (Å²) in [5.74, 6) is 0. The first kappa shape index (κ1) is 11.4. The molecule has 0 unspecified atom stereocenters. The molecule has 2 N–H and O–H groups in total. The Kier molecular flexibility index (Phi) is 2.82. The third-order valence-electron chi connectivity index (χ3n) is 4.34. The molecule has 0 radical (unpaired) electrons. The van der Waals surface area contributed by atoms with E-state index in [0.29, 0.717) is 0 Å². The zero-order valence-electron chi connectivity index (χ0n) is 9.87. The lowest BCUT2D eigenvalue weighted by molar-refractivity contribution is -0.124. The monoisotopic (exact) mass is 213 g/mol. The Morgan fingerprint density at radius 1 is 1.27 bits per heavy atom. The maximum atomic E-state index is 10.5. The largest absolute Gasteiger partial charge is 0.396 e. The molecule has 1 saturated carbocycles. The van der Waals surface area contributed by atoms with Crippen LogP contribution in [0.3, 0.4) is 0 Å². The van der Waals surface area contributed by atoms with Crippen LogP contribution in [0, 0.1) is 5.41 Å². The summed E-state index contributed by atoms with van der Waals surface area (Å²) >= 11 is 0. The predicted molar refractivity (Wildman–Crippen MR) is 59.6 cm³/mol. The van der Waals surface area contributed by atoms with Crippen LogP contribution < -0.4 is 0 Å². The summed E-state index contributed by atoms with van der Waals surface area (Å²) in [6.45, 7) is 5.96. The van der Waals surface area contributed by atoms with E-state index in [2.05, 4.69) is 4.90 Å². The van der Waals surface area contributed by atoms with Crippen LogP contribution in [0.5, 0.6) is 0 Å². The molecule has 0 aromatic heterocycles. The number of aliphatic hydroxyl groups is 2. The number of nitrogens with zero attached hydrogens (tertiary/aromatic N) is 1. The van der Waals surface area contributed by atoms with Gasteiger partial charge >= 0.3 is 0 Å². The molecule has 1 heterocycles. The first-order chi connectivity index (χ1) is 6.98. The van der Waals surface area contributed by atoms with Crippen LogP contribution in [0.15, 0.2) is 0 Å². The number of rotatable bonds is 3. The van der Waals surface area contributed by atoms with E-state index in [4.69, 9.17) is 0 Å². The fourth-order valence-corrected chi connectivity index (χ4v) is 2.52. The van der Waals surface area contributed by atoms with Gasteiger partial charge in [0, 0.05) is 24.5 Å². The Bertz CT molecular complexity index is 228. The summed E-state index contributed by atoms with van der Waals surface area (Å²) in [5.41, 5.74) is -1.05. The Morgan fingerprint density at radius 3 is 2.20 bits per heavy atom. The summed E-state index contributed by atoms with van der Waals surface area (Å²) < 4.78 is 0. The molecule has 0 atom stereocenters. The van der Waals surface area contributed by atoms with Crippen molar-refractivity contribution in [2.24, 2.45) is 5.41 Å². The highest BCUT2D eigenvalue weighted by Crippen LogP contribution is 2.41. The second kappa shape index (κ2) is 3.72. The SMILES string of the molecule is CC(C)(CO)C1(O)CCN(C2CC2)CC1. The van der Waals surface area contributed by atoms with Crippen molar-refractivity contribution in [1.29, 1.82) is 0 Å². The number of hydrogen-bond donors (Lipinski definition) is 2. The van der Waals surface area contributed by atoms with E-state index in [9.17, 15) is 10.2 Å². The summed E-state index contributed by atoms with van der Waals surface area (Å²) in [4.78, 5) is 2.49. The number of piperidine rings is 1. The number of likely N-dealkylation sites (tertiary alicyclic amines) is 1. The molecule has 2 rings (SSSR count). The molecule has 88 valence electrons. The van der Waals surface area contributed by atoms with E-state index in [1.807, 2.05) is 13.8 Å². The van der Waals surface area contributed by atoms with Crippen LogP contribution in [-0.2, 0) is 0 Å². The molecule has 0 aromatic carbocycles. The van der Waals surface area contributed by atoms with Crippen LogP contribution >= 0.6 is 0 Å². The van der Waals surface area contributed by atoms with Gasteiger partial charge in [-0.25, -0.2) is 0 Å². The molecule has 15 heavy (non-hydrogen) atoms. The molecule has 0 aromatic rings. The second-order valence-corrected chi connectivity index (χ2v) is 5.84. The van der Waals surface area contributed by atoms with Crippen molar-refractivity contribution >= 4 is 0 Å². The average molecular weight is 213 g/mol. The quantitative estimate of drug-likeness (QED) is 0.735. The van der Waals surface area contributed by atoms with Crippen molar-refractivity contribution < 1.29 is 10.2 Å². The Balaban J connectivity index is 1.95. The fourth-order valence-electron chi connectivity index (χ4n) is 2.52. The molecule has 2 fully saturated rings. The molecule has 1 aliphatic heterocycles. The van der Waals surface area contributed by atoms with Crippen molar-refractivity contribution in [3.8, 4) is 0 Å². The summed E-state index contributed by atoms with van der Waals surface area (Å²) in [7, 11) is 0. The van der Waals surface area contributed by atoms with Gasteiger partial charge in [0.15, 0.2) is 0 Å². The summed E-state index contributed by atoms with van der Waals surface area (Å²) in [5, 5.41) is 19.9. The summed E-state index contributed by atoms with van der Waals surface area (Å²) in [6.07, 6.45) is 4.28. The molecule has 0 spiro atoms. The van der Waals surface area contributed by atoms with Gasteiger partial charge in [0.05, 0.1) is 12.2 Å². The molecule has 0 amide bonds. The zero-order chi connectivity index (χ0) is 11.1. The van der Waals surface area contributed by atoms with E-state index in [0.717, 1.165) is 32.0 Å². The Labute approximate surface area is 92.1 Å². The Hall–Kier alpha value is -0.120. The van der Waals surface area contributed by atoms with Gasteiger partial charge in [0.25, 0.3) is 0 Å². The molecule has 3 nitrogen and oxygen atoms in total. The van der Waals surface area contributed by atoms with Gasteiger partial charge in [-0.05, 0) is 25.7 Å². The Morgan fingerprint density at radius 2 is 1.80 bits per heavy atom. The van der Waals surface area contributed by atoms with E-state index in [1.54, 1.807) is 0 Å². The second-order valence-electron chi connectivity index (χ2n) is 5.84. The lowest BCUT2D eigenvalue weighted by Gasteiger charge is -2.47. The van der Waals surface area contributed by atoms with E-state index < -0.39 is 5.60 Å². The average Bonchev–Trinajstić information content (AvgIpc) is 3.02. The third kappa shape index (κ3) is 2.05. The molecule has 2 aliphatic rings. The smallest absolute Gasteiger partial charge is 0.0744 e. The van der Waals surface area contributed by atoms with Crippen molar-refractivity contribution in [3.05, 3.63) is 0 Å². The van der Waals surface area contributed by atoms with Gasteiger partial charge in [-0.15, -0.1) is 0 Å². The first-order valence-electron chi connectivity index (χ1n) is 6.06. The molecular formula is C12H23NO2. The van der Waals surface area contributed by atoms with Crippen molar-refractivity contribution in [1.82, 2.24) is 4.90 Å². The molecule has 0 bridgehead atoms. The molecular weight excluding hydrogens is 190 g/mol. The van der Waals surface area contributed by atoms with E-state index >= 15 is 0 Å². The minimum absolute atomic E-state index is 0.0624. The van der Waals surface area contributed by atoms with Crippen LogP contribution in [-0.4, -0.2) is 46.5 Å². The zero-order valence-corrected chi connectivity index (χ0v) is 9.87. The van der Waals surface area contributed by atoms with E-state index in [-0.39, 0.29) is 12.0 Å². The molecule has 1 aliphatic carbocycles. The van der Waals surface area contributed by atoms with Crippen LogP contribution in [0.1, 0.15) is 39.5 Å². The van der Waals surface area contributed by atoms with Crippen molar-refractivity contribution in [3.63, 3.8) is 0 Å². The molecule has 1 saturated heterocycles. The highest BCUT2D eigenvalue weighted by atomic mass is 16.3. The topological polar surface area (TPSA) is 43.7 Å². The molecule has 3 heteroatoms. The van der Waals surface area contributed by atoms with Crippen LogP contribution in [0.4, 0.5) is 0 Å². The van der Waals surface area contributed by atoms with Gasteiger partial charge in [0.1, 0.15) is 0 Å². The first-order valence-corrected chi connectivity index (χ1v) is 6.06. The number of aliphatic hydroxyl groups excluding tert-OH is 1.